The van der Waals surface area contributed by atoms with Crippen molar-refractivity contribution in [3.05, 3.63) is 20.8 Å². The molecule has 1 aliphatic rings. The lowest BCUT2D eigenvalue weighted by Crippen LogP contribution is -2.44. The first kappa shape index (κ1) is 11.6. The number of hydrogen-bond donors (Lipinski definition) is 0. The van der Waals surface area contributed by atoms with Crippen molar-refractivity contribution in [2.24, 2.45) is 0 Å². The molecular weight excluding hydrogens is 294 g/mol. The molecule has 82 valence electrons. The van der Waals surface area contributed by atoms with Crippen molar-refractivity contribution in [3.63, 3.8) is 0 Å². The molecule has 0 bridgehead atoms. The fraction of sp³-hybridized carbons (Fsp3) is 0.500. The SMILES string of the molecule is CN1CCSCC1C(=O)c1cscc1Br. The van der Waals surface area contributed by atoms with Gasteiger partial charge in [0, 0.05) is 38.8 Å². The second-order valence-corrected chi connectivity index (χ2v) is 6.32. The zero-order valence-corrected chi connectivity index (χ0v) is 11.6. The van der Waals surface area contributed by atoms with Crippen molar-refractivity contribution in [2.45, 2.75) is 6.04 Å². The van der Waals surface area contributed by atoms with Crippen LogP contribution in [0.25, 0.3) is 0 Å². The molecule has 0 aromatic carbocycles. The van der Waals surface area contributed by atoms with Crippen LogP contribution in [0.5, 0.6) is 0 Å². The summed E-state index contributed by atoms with van der Waals surface area (Å²) in [5.74, 6) is 2.29. The highest BCUT2D eigenvalue weighted by Gasteiger charge is 2.28. The van der Waals surface area contributed by atoms with Crippen molar-refractivity contribution < 1.29 is 4.79 Å². The highest BCUT2D eigenvalue weighted by Crippen LogP contribution is 2.26. The molecule has 1 unspecified atom stereocenters. The summed E-state index contributed by atoms with van der Waals surface area (Å²) in [4.78, 5) is 14.4. The first-order chi connectivity index (χ1) is 7.20. The number of nitrogens with zero attached hydrogens (tertiary/aromatic N) is 1. The molecule has 1 aromatic heterocycles. The first-order valence-corrected chi connectivity index (χ1v) is 7.63. The number of hydrogen-bond acceptors (Lipinski definition) is 4. The van der Waals surface area contributed by atoms with Crippen LogP contribution in [-0.4, -0.2) is 41.8 Å². The maximum atomic E-state index is 12.2. The van der Waals surface area contributed by atoms with Gasteiger partial charge in [0.2, 0.25) is 0 Å². The summed E-state index contributed by atoms with van der Waals surface area (Å²) in [5.41, 5.74) is 0.833. The van der Waals surface area contributed by atoms with E-state index in [9.17, 15) is 4.79 Å². The summed E-state index contributed by atoms with van der Waals surface area (Å²) >= 11 is 6.85. The Labute approximate surface area is 106 Å². The molecule has 1 saturated heterocycles. The third-order valence-electron chi connectivity index (χ3n) is 2.58. The molecule has 1 aliphatic heterocycles. The van der Waals surface area contributed by atoms with Crippen molar-refractivity contribution >= 4 is 44.8 Å². The molecule has 5 heteroatoms. The van der Waals surface area contributed by atoms with E-state index in [1.807, 2.05) is 29.6 Å². The summed E-state index contributed by atoms with van der Waals surface area (Å²) in [7, 11) is 2.03. The molecular formula is C10H12BrNOS2. The summed E-state index contributed by atoms with van der Waals surface area (Å²) in [6.45, 7) is 1.00. The van der Waals surface area contributed by atoms with Gasteiger partial charge in [-0.05, 0) is 23.0 Å². The van der Waals surface area contributed by atoms with Crippen LogP contribution in [0.3, 0.4) is 0 Å². The standard InChI is InChI=1S/C10H12BrNOS2/c1-12-2-3-14-6-9(12)10(13)7-4-15-5-8(7)11/h4-5,9H,2-3,6H2,1H3. The van der Waals surface area contributed by atoms with Gasteiger partial charge in [-0.1, -0.05) is 0 Å². The average Bonchev–Trinajstić information content (AvgIpc) is 2.64. The number of carbonyl (C=O) groups excluding carboxylic acids is 1. The number of carbonyl (C=O) groups is 1. The summed E-state index contributed by atoms with van der Waals surface area (Å²) in [6.07, 6.45) is 0. The number of thioether (sulfide) groups is 1. The predicted molar refractivity (Wildman–Crippen MR) is 70.1 cm³/mol. The van der Waals surface area contributed by atoms with Crippen molar-refractivity contribution in [2.75, 3.05) is 25.1 Å². The van der Waals surface area contributed by atoms with Gasteiger partial charge in [-0.2, -0.15) is 23.1 Å². The molecule has 2 rings (SSSR count). The van der Waals surface area contributed by atoms with Gasteiger partial charge in [-0.3, -0.25) is 9.69 Å². The van der Waals surface area contributed by atoms with E-state index >= 15 is 0 Å². The van der Waals surface area contributed by atoms with Crippen LogP contribution in [0.15, 0.2) is 15.2 Å². The molecule has 0 N–H and O–H groups in total. The molecule has 0 spiro atoms. The Balaban J connectivity index is 2.17. The number of halogens is 1. The Morgan fingerprint density at radius 1 is 1.60 bits per heavy atom. The highest BCUT2D eigenvalue weighted by molar-refractivity contribution is 9.10. The molecule has 0 radical (unpaired) electrons. The predicted octanol–water partition coefficient (Wildman–Crippen LogP) is 2.74. The van der Waals surface area contributed by atoms with E-state index in [-0.39, 0.29) is 11.8 Å². The van der Waals surface area contributed by atoms with Crippen LogP contribution in [0.2, 0.25) is 0 Å². The molecule has 2 nitrogen and oxygen atoms in total. The fourth-order valence-corrected chi connectivity index (χ4v) is 4.29. The molecule has 15 heavy (non-hydrogen) atoms. The summed E-state index contributed by atoms with van der Waals surface area (Å²) in [5, 5.41) is 3.89. The zero-order chi connectivity index (χ0) is 10.8. The molecule has 0 aliphatic carbocycles. The molecule has 1 aromatic rings. The van der Waals surface area contributed by atoms with Crippen LogP contribution in [0, 0.1) is 0 Å². The van der Waals surface area contributed by atoms with E-state index in [1.54, 1.807) is 11.3 Å². The lowest BCUT2D eigenvalue weighted by Gasteiger charge is -2.30. The number of rotatable bonds is 2. The quantitative estimate of drug-likeness (QED) is 0.784. The molecule has 0 saturated carbocycles. The Hall–Kier alpha value is 0.160. The van der Waals surface area contributed by atoms with Crippen LogP contribution in [0.4, 0.5) is 0 Å². The van der Waals surface area contributed by atoms with Crippen LogP contribution in [-0.2, 0) is 0 Å². The highest BCUT2D eigenvalue weighted by atomic mass is 79.9. The maximum absolute atomic E-state index is 12.2. The third kappa shape index (κ3) is 2.46. The van der Waals surface area contributed by atoms with Gasteiger partial charge in [-0.25, -0.2) is 0 Å². The normalized spacial score (nSPS) is 22.9. The summed E-state index contributed by atoms with van der Waals surface area (Å²) < 4.78 is 0.932. The molecule has 1 atom stereocenters. The second-order valence-electron chi connectivity index (χ2n) is 3.57. The number of Topliss-reactive ketones (excluding diaryl/α,β-unsaturated/α-hetero) is 1. The summed E-state index contributed by atoms with van der Waals surface area (Å²) in [6, 6.07) is 0.0506. The van der Waals surface area contributed by atoms with Gasteiger partial charge < -0.3 is 0 Å². The Morgan fingerprint density at radius 3 is 3.00 bits per heavy atom. The Kier molecular flexibility index (Phi) is 3.88. The Bertz CT molecular complexity index is 366. The van der Waals surface area contributed by atoms with Crippen LogP contribution >= 0.6 is 39.0 Å². The largest absolute Gasteiger partial charge is 0.295 e. The first-order valence-electron chi connectivity index (χ1n) is 4.74. The Morgan fingerprint density at radius 2 is 2.40 bits per heavy atom. The van der Waals surface area contributed by atoms with E-state index in [2.05, 4.69) is 20.8 Å². The fourth-order valence-electron chi connectivity index (χ4n) is 1.60. The smallest absolute Gasteiger partial charge is 0.182 e. The van der Waals surface area contributed by atoms with Crippen molar-refractivity contribution in [3.8, 4) is 0 Å². The maximum Gasteiger partial charge on any atom is 0.182 e. The van der Waals surface area contributed by atoms with Gasteiger partial charge >= 0.3 is 0 Å². The van der Waals surface area contributed by atoms with E-state index in [1.165, 1.54) is 0 Å². The third-order valence-corrected chi connectivity index (χ3v) is 5.30. The molecule has 1 fully saturated rings. The minimum Gasteiger partial charge on any atom is -0.295 e. The molecule has 0 amide bonds. The number of likely N-dealkylation sites (N-methyl/N-ethyl adjacent to an activating group) is 1. The minimum atomic E-state index is 0.0506. The monoisotopic (exact) mass is 305 g/mol. The van der Waals surface area contributed by atoms with Gasteiger partial charge in [0.15, 0.2) is 5.78 Å². The van der Waals surface area contributed by atoms with Crippen molar-refractivity contribution in [1.82, 2.24) is 4.90 Å². The van der Waals surface area contributed by atoms with E-state index in [0.29, 0.717) is 0 Å². The average molecular weight is 306 g/mol. The topological polar surface area (TPSA) is 20.3 Å². The van der Waals surface area contributed by atoms with Gasteiger partial charge in [0.1, 0.15) is 0 Å². The second kappa shape index (κ2) is 4.99. The lowest BCUT2D eigenvalue weighted by molar-refractivity contribution is 0.0874. The van der Waals surface area contributed by atoms with Gasteiger partial charge in [0.05, 0.1) is 6.04 Å². The van der Waals surface area contributed by atoms with Crippen molar-refractivity contribution in [1.29, 1.82) is 0 Å². The van der Waals surface area contributed by atoms with Crippen LogP contribution < -0.4 is 0 Å². The molecule has 2 heterocycles. The number of ketones is 1. The minimum absolute atomic E-state index is 0.0506. The lowest BCUT2D eigenvalue weighted by atomic mass is 10.1. The van der Waals surface area contributed by atoms with E-state index in [4.69, 9.17) is 0 Å². The van der Waals surface area contributed by atoms with E-state index < -0.39 is 0 Å². The number of thiophene rings is 1. The zero-order valence-electron chi connectivity index (χ0n) is 8.40. The van der Waals surface area contributed by atoms with Crippen LogP contribution in [0.1, 0.15) is 10.4 Å². The van der Waals surface area contributed by atoms with Gasteiger partial charge in [0.25, 0.3) is 0 Å². The van der Waals surface area contributed by atoms with E-state index in [0.717, 1.165) is 28.1 Å². The van der Waals surface area contributed by atoms with Gasteiger partial charge in [-0.15, -0.1) is 0 Å².